The van der Waals surface area contributed by atoms with Crippen LogP contribution < -0.4 is 5.32 Å². The Morgan fingerprint density at radius 2 is 0.925 bits per heavy atom. The molecule has 0 bridgehead atoms. The molecule has 0 aromatic carbocycles. The number of aliphatic hydroxyl groups is 1. The van der Waals surface area contributed by atoms with Crippen molar-refractivity contribution in [2.75, 3.05) is 46.2 Å². The minimum absolute atomic E-state index is 0.0604. The quantitative estimate of drug-likeness (QED) is 0.0570. The largest absolute Gasteiger partial charge is 0.394 e. The molecule has 2 heterocycles. The Hall–Kier alpha value is -0.890. The smallest absolute Gasteiger partial charge is 0.220 e. The summed E-state index contributed by atoms with van der Waals surface area (Å²) in [5, 5.41) is 13.6. The highest BCUT2D eigenvalue weighted by atomic mass is 16.8. The average molecular weight is 956 g/mol. The molecule has 2 aliphatic heterocycles. The molecule has 5 unspecified atom stereocenters. The standard InChI is InChI=1S/C56H109NO10/c1-8-13-18-19-20-21-22-23-24-25-26-27-28-29-30-31-32-33-34-35-36-37-38-39-50(59)57-47(51-48(44-58)66-56(6,7)67-51)45-64-55-54(63-43-17-12-5)53(62-42-16-11-4)52(61-41-15-10-3)49(65-55)46-60-40-14-9-2/h47-49,51-55,58H,8-46H2,1-7H3,(H,57,59)/t47-,48+,49?,51-,52?,53?,54?,55?/m0/s1. The molecule has 2 fully saturated rings. The summed E-state index contributed by atoms with van der Waals surface area (Å²) in [6.07, 6.45) is 35.0. The van der Waals surface area contributed by atoms with Crippen molar-refractivity contribution >= 4 is 5.91 Å². The van der Waals surface area contributed by atoms with Gasteiger partial charge in [0.1, 0.15) is 36.6 Å². The number of aliphatic hydroxyl groups excluding tert-OH is 1. The van der Waals surface area contributed by atoms with Crippen LogP contribution in [0.15, 0.2) is 0 Å². The highest BCUT2D eigenvalue weighted by Crippen LogP contribution is 2.33. The zero-order chi connectivity index (χ0) is 48.6. The van der Waals surface area contributed by atoms with Gasteiger partial charge in [0.15, 0.2) is 12.1 Å². The zero-order valence-electron chi connectivity index (χ0n) is 44.8. The second kappa shape index (κ2) is 41.7. The van der Waals surface area contributed by atoms with E-state index in [1.165, 1.54) is 128 Å². The topological polar surface area (TPSA) is 123 Å². The third kappa shape index (κ3) is 29.3. The third-order valence-corrected chi connectivity index (χ3v) is 13.5. The van der Waals surface area contributed by atoms with Crippen LogP contribution in [0.3, 0.4) is 0 Å². The predicted octanol–water partition coefficient (Wildman–Crippen LogP) is 13.5. The molecular weight excluding hydrogens is 847 g/mol. The van der Waals surface area contributed by atoms with Crippen LogP contribution in [0.5, 0.6) is 0 Å². The summed E-state index contributed by atoms with van der Waals surface area (Å²) in [5.41, 5.74) is 0. The minimum Gasteiger partial charge on any atom is -0.394 e. The number of carbonyl (C=O) groups is 1. The van der Waals surface area contributed by atoms with Crippen molar-refractivity contribution in [3.63, 3.8) is 0 Å². The summed E-state index contributed by atoms with van der Waals surface area (Å²) in [7, 11) is 0. The Bertz CT molecular complexity index is 1110. The Balaban J connectivity index is 1.87. The van der Waals surface area contributed by atoms with E-state index < -0.39 is 54.7 Å². The van der Waals surface area contributed by atoms with Crippen LogP contribution in [-0.2, 0) is 42.7 Å². The third-order valence-electron chi connectivity index (χ3n) is 13.5. The van der Waals surface area contributed by atoms with Crippen LogP contribution in [-0.4, -0.2) is 112 Å². The van der Waals surface area contributed by atoms with E-state index in [0.29, 0.717) is 39.5 Å². The van der Waals surface area contributed by atoms with Crippen LogP contribution in [0.1, 0.15) is 254 Å². The molecule has 2 rings (SSSR count). The lowest BCUT2D eigenvalue weighted by atomic mass is 9.97. The monoisotopic (exact) mass is 956 g/mol. The van der Waals surface area contributed by atoms with Gasteiger partial charge in [0.25, 0.3) is 0 Å². The lowest BCUT2D eigenvalue weighted by Gasteiger charge is -2.46. The number of amides is 1. The van der Waals surface area contributed by atoms with Crippen molar-refractivity contribution in [1.82, 2.24) is 5.32 Å². The minimum atomic E-state index is -0.928. The van der Waals surface area contributed by atoms with Crippen LogP contribution in [0.2, 0.25) is 0 Å². The number of unbranched alkanes of at least 4 members (excludes halogenated alkanes) is 26. The maximum absolute atomic E-state index is 13.6. The summed E-state index contributed by atoms with van der Waals surface area (Å²) in [6.45, 7) is 17.0. The number of carbonyl (C=O) groups excluding carboxylic acids is 1. The van der Waals surface area contributed by atoms with E-state index in [4.69, 9.17) is 37.9 Å². The maximum Gasteiger partial charge on any atom is 0.220 e. The van der Waals surface area contributed by atoms with E-state index in [1.54, 1.807) is 0 Å². The highest BCUT2D eigenvalue weighted by molar-refractivity contribution is 5.76. The van der Waals surface area contributed by atoms with Crippen molar-refractivity contribution in [3.8, 4) is 0 Å². The number of hydrogen-bond donors (Lipinski definition) is 2. The molecule has 0 aromatic heterocycles. The summed E-state index contributed by atoms with van der Waals surface area (Å²) in [4.78, 5) is 13.6. The molecule has 2 aliphatic rings. The fourth-order valence-corrected chi connectivity index (χ4v) is 9.36. The van der Waals surface area contributed by atoms with Crippen LogP contribution in [0, 0.1) is 0 Å². The Kier molecular flexibility index (Phi) is 38.7. The van der Waals surface area contributed by atoms with Crippen LogP contribution in [0.25, 0.3) is 0 Å². The van der Waals surface area contributed by atoms with Gasteiger partial charge in [-0.3, -0.25) is 4.79 Å². The first kappa shape index (κ1) is 62.2. The predicted molar refractivity (Wildman–Crippen MR) is 274 cm³/mol. The van der Waals surface area contributed by atoms with Gasteiger partial charge in [-0.15, -0.1) is 0 Å². The zero-order valence-corrected chi connectivity index (χ0v) is 44.8. The van der Waals surface area contributed by atoms with Gasteiger partial charge in [-0.05, 0) is 46.0 Å². The average Bonchev–Trinajstić information content (AvgIpc) is 3.64. The number of hydrogen-bond acceptors (Lipinski definition) is 10. The second-order valence-electron chi connectivity index (χ2n) is 20.4. The van der Waals surface area contributed by atoms with Gasteiger partial charge >= 0.3 is 0 Å². The summed E-state index contributed by atoms with van der Waals surface area (Å²) >= 11 is 0. The number of rotatable bonds is 47. The summed E-state index contributed by atoms with van der Waals surface area (Å²) in [6, 6.07) is -0.604. The van der Waals surface area contributed by atoms with E-state index in [-0.39, 0.29) is 19.1 Å². The van der Waals surface area contributed by atoms with Crippen LogP contribution >= 0.6 is 0 Å². The van der Waals surface area contributed by atoms with E-state index in [1.807, 2.05) is 13.8 Å². The first-order chi connectivity index (χ1) is 32.7. The molecule has 0 aromatic rings. The molecule has 8 atom stereocenters. The van der Waals surface area contributed by atoms with Gasteiger partial charge in [0.2, 0.25) is 5.91 Å². The van der Waals surface area contributed by atoms with Crippen LogP contribution in [0.4, 0.5) is 0 Å². The molecule has 0 radical (unpaired) electrons. The normalized spacial score (nSPS) is 23.3. The molecule has 398 valence electrons. The number of nitrogens with one attached hydrogen (secondary N) is 1. The molecule has 1 amide bonds. The summed E-state index contributed by atoms with van der Waals surface area (Å²) in [5.74, 6) is -0.989. The van der Waals surface area contributed by atoms with Gasteiger partial charge in [0, 0.05) is 32.8 Å². The molecule has 2 saturated heterocycles. The van der Waals surface area contributed by atoms with Crippen molar-refractivity contribution in [1.29, 1.82) is 0 Å². The van der Waals surface area contributed by atoms with Gasteiger partial charge < -0.3 is 48.3 Å². The van der Waals surface area contributed by atoms with Gasteiger partial charge in [-0.1, -0.05) is 202 Å². The second-order valence-corrected chi connectivity index (χ2v) is 20.4. The lowest BCUT2D eigenvalue weighted by molar-refractivity contribution is -0.325. The Morgan fingerprint density at radius 3 is 1.39 bits per heavy atom. The molecule has 0 aliphatic carbocycles. The molecule has 67 heavy (non-hydrogen) atoms. The van der Waals surface area contributed by atoms with Crippen molar-refractivity contribution in [3.05, 3.63) is 0 Å². The highest BCUT2D eigenvalue weighted by Gasteiger charge is 2.50. The maximum atomic E-state index is 13.6. The molecule has 0 saturated carbocycles. The van der Waals surface area contributed by atoms with Crippen molar-refractivity contribution in [2.45, 2.75) is 309 Å². The number of ether oxygens (including phenoxy) is 8. The molecule has 11 nitrogen and oxygen atoms in total. The first-order valence-electron chi connectivity index (χ1n) is 28.7. The molecule has 0 spiro atoms. The molecule has 2 N–H and O–H groups in total. The SMILES string of the molecule is CCCCCCCCCCCCCCCCCCCCCCCCCC(=O)N[C@@H](COC1OC(COCCCC)C(OCCCC)C(OCCCC)C1OCCCC)[C@@H]1OC(C)(C)O[C@@H]1CO. The van der Waals surface area contributed by atoms with E-state index in [9.17, 15) is 9.90 Å². The molecular formula is C56H109NO10. The van der Waals surface area contributed by atoms with Gasteiger partial charge in [-0.25, -0.2) is 0 Å². The Morgan fingerprint density at radius 1 is 0.507 bits per heavy atom. The van der Waals surface area contributed by atoms with E-state index in [2.05, 4.69) is 39.9 Å². The fraction of sp³-hybridized carbons (Fsp3) is 0.982. The van der Waals surface area contributed by atoms with Gasteiger partial charge in [0.05, 0.1) is 25.9 Å². The lowest BCUT2D eigenvalue weighted by Crippen LogP contribution is -2.63. The van der Waals surface area contributed by atoms with Crippen molar-refractivity contribution in [2.24, 2.45) is 0 Å². The van der Waals surface area contributed by atoms with E-state index >= 15 is 0 Å². The Labute approximate surface area is 412 Å². The van der Waals surface area contributed by atoms with Gasteiger partial charge in [-0.2, -0.15) is 0 Å². The van der Waals surface area contributed by atoms with E-state index in [0.717, 1.165) is 70.6 Å². The first-order valence-corrected chi connectivity index (χ1v) is 28.7. The van der Waals surface area contributed by atoms with Crippen molar-refractivity contribution < 1.29 is 47.8 Å². The fourth-order valence-electron chi connectivity index (χ4n) is 9.36. The molecule has 11 heteroatoms. The summed E-state index contributed by atoms with van der Waals surface area (Å²) < 4.78 is 51.9.